The normalized spacial score (nSPS) is 10.5. The SMILES string of the molecule is Cc1cccc(C(=O)Nc2cccc(-c3noc(C)n3)c2)c1. The molecule has 110 valence electrons. The first-order chi connectivity index (χ1) is 10.6. The Balaban J connectivity index is 1.82. The Hall–Kier alpha value is -2.95. The lowest BCUT2D eigenvalue weighted by molar-refractivity contribution is 0.102. The minimum atomic E-state index is -0.148. The Bertz CT molecular complexity index is 824. The molecule has 1 aromatic heterocycles. The van der Waals surface area contributed by atoms with Gasteiger partial charge in [0.25, 0.3) is 5.91 Å². The third-order valence-electron chi connectivity index (χ3n) is 3.19. The molecule has 0 aliphatic heterocycles. The second kappa shape index (κ2) is 5.81. The third-order valence-corrected chi connectivity index (χ3v) is 3.19. The molecule has 0 unspecified atom stereocenters. The van der Waals surface area contributed by atoms with Crippen LogP contribution < -0.4 is 5.32 Å². The van der Waals surface area contributed by atoms with Crippen molar-refractivity contribution >= 4 is 11.6 Å². The number of aryl methyl sites for hydroxylation is 2. The molecular weight excluding hydrogens is 278 g/mol. The molecule has 3 aromatic rings. The predicted octanol–water partition coefficient (Wildman–Crippen LogP) is 3.61. The Kier molecular flexibility index (Phi) is 3.70. The number of amides is 1. The first-order valence-corrected chi connectivity index (χ1v) is 6.90. The van der Waals surface area contributed by atoms with Crippen LogP contribution in [0.15, 0.2) is 53.1 Å². The first kappa shape index (κ1) is 14.0. The van der Waals surface area contributed by atoms with Gasteiger partial charge < -0.3 is 9.84 Å². The molecule has 0 fully saturated rings. The molecule has 3 rings (SSSR count). The van der Waals surface area contributed by atoms with E-state index in [0.717, 1.165) is 11.1 Å². The molecule has 0 aliphatic carbocycles. The van der Waals surface area contributed by atoms with E-state index in [2.05, 4.69) is 15.5 Å². The summed E-state index contributed by atoms with van der Waals surface area (Å²) in [5, 5.41) is 6.75. The minimum Gasteiger partial charge on any atom is -0.339 e. The second-order valence-corrected chi connectivity index (χ2v) is 5.04. The van der Waals surface area contributed by atoms with Crippen LogP contribution in [0.25, 0.3) is 11.4 Å². The van der Waals surface area contributed by atoms with E-state index in [1.807, 2.05) is 49.4 Å². The van der Waals surface area contributed by atoms with Gasteiger partial charge in [-0.05, 0) is 31.2 Å². The van der Waals surface area contributed by atoms with Crippen LogP contribution in [0.2, 0.25) is 0 Å². The van der Waals surface area contributed by atoms with E-state index in [4.69, 9.17) is 4.52 Å². The fraction of sp³-hybridized carbons (Fsp3) is 0.118. The number of nitrogens with zero attached hydrogens (tertiary/aromatic N) is 2. The molecule has 0 saturated heterocycles. The summed E-state index contributed by atoms with van der Waals surface area (Å²) in [6.07, 6.45) is 0. The highest BCUT2D eigenvalue weighted by molar-refractivity contribution is 6.04. The molecule has 0 radical (unpaired) electrons. The van der Waals surface area contributed by atoms with Gasteiger partial charge in [0.2, 0.25) is 11.7 Å². The van der Waals surface area contributed by atoms with Crippen LogP contribution in [0.3, 0.4) is 0 Å². The molecule has 0 saturated carbocycles. The number of hydrogen-bond donors (Lipinski definition) is 1. The van der Waals surface area contributed by atoms with E-state index in [1.165, 1.54) is 0 Å². The van der Waals surface area contributed by atoms with Gasteiger partial charge >= 0.3 is 0 Å². The van der Waals surface area contributed by atoms with Crippen molar-refractivity contribution < 1.29 is 9.32 Å². The number of rotatable bonds is 3. The maximum Gasteiger partial charge on any atom is 0.255 e. The van der Waals surface area contributed by atoms with Crippen LogP contribution in [0.4, 0.5) is 5.69 Å². The van der Waals surface area contributed by atoms with Crippen LogP contribution in [-0.2, 0) is 0 Å². The summed E-state index contributed by atoms with van der Waals surface area (Å²) in [7, 11) is 0. The Morgan fingerprint density at radius 1 is 1.09 bits per heavy atom. The number of benzene rings is 2. The summed E-state index contributed by atoms with van der Waals surface area (Å²) in [5.74, 6) is 0.860. The standard InChI is InChI=1S/C17H15N3O2/c1-11-5-3-7-14(9-11)17(21)19-15-8-4-6-13(10-15)16-18-12(2)22-20-16/h3-10H,1-2H3,(H,19,21). The van der Waals surface area contributed by atoms with E-state index in [1.54, 1.807) is 13.0 Å². The first-order valence-electron chi connectivity index (χ1n) is 6.90. The van der Waals surface area contributed by atoms with Crippen molar-refractivity contribution in [2.75, 3.05) is 5.32 Å². The van der Waals surface area contributed by atoms with Gasteiger partial charge in [0.15, 0.2) is 0 Å². The Morgan fingerprint density at radius 2 is 1.91 bits per heavy atom. The molecule has 2 aromatic carbocycles. The van der Waals surface area contributed by atoms with E-state index in [-0.39, 0.29) is 5.91 Å². The topological polar surface area (TPSA) is 68.0 Å². The molecule has 1 N–H and O–H groups in total. The second-order valence-electron chi connectivity index (χ2n) is 5.04. The zero-order chi connectivity index (χ0) is 15.5. The van der Waals surface area contributed by atoms with E-state index in [9.17, 15) is 4.79 Å². The molecule has 5 heteroatoms. The summed E-state index contributed by atoms with van der Waals surface area (Å²) in [4.78, 5) is 16.4. The summed E-state index contributed by atoms with van der Waals surface area (Å²) in [6.45, 7) is 3.69. The average molecular weight is 293 g/mol. The molecule has 5 nitrogen and oxygen atoms in total. The quantitative estimate of drug-likeness (QED) is 0.801. The molecule has 0 aliphatic rings. The van der Waals surface area contributed by atoms with Gasteiger partial charge in [-0.25, -0.2) is 0 Å². The van der Waals surface area contributed by atoms with Crippen LogP contribution in [0, 0.1) is 13.8 Å². The van der Waals surface area contributed by atoms with Crippen LogP contribution in [0.1, 0.15) is 21.8 Å². The minimum absolute atomic E-state index is 0.148. The highest BCUT2D eigenvalue weighted by Gasteiger charge is 2.09. The number of carbonyl (C=O) groups excluding carboxylic acids is 1. The molecule has 22 heavy (non-hydrogen) atoms. The van der Waals surface area contributed by atoms with Gasteiger partial charge in [-0.2, -0.15) is 4.98 Å². The third kappa shape index (κ3) is 3.03. The van der Waals surface area contributed by atoms with Crippen molar-refractivity contribution in [1.82, 2.24) is 10.1 Å². The summed E-state index contributed by atoms with van der Waals surface area (Å²) in [5.41, 5.74) is 3.15. The maximum absolute atomic E-state index is 12.3. The lowest BCUT2D eigenvalue weighted by atomic mass is 10.1. The molecule has 0 spiro atoms. The number of nitrogens with one attached hydrogen (secondary N) is 1. The molecule has 1 amide bonds. The zero-order valence-electron chi connectivity index (χ0n) is 12.3. The van der Waals surface area contributed by atoms with E-state index < -0.39 is 0 Å². The van der Waals surface area contributed by atoms with Crippen LogP contribution in [0.5, 0.6) is 0 Å². The number of carbonyl (C=O) groups is 1. The summed E-state index contributed by atoms with van der Waals surface area (Å²) >= 11 is 0. The van der Waals surface area contributed by atoms with Crippen LogP contribution in [-0.4, -0.2) is 16.0 Å². The lowest BCUT2D eigenvalue weighted by Crippen LogP contribution is -2.11. The number of anilines is 1. The van der Waals surface area contributed by atoms with Gasteiger partial charge in [-0.3, -0.25) is 4.79 Å². The Labute approximate surface area is 128 Å². The molecular formula is C17H15N3O2. The van der Waals surface area contributed by atoms with Crippen LogP contribution >= 0.6 is 0 Å². The summed E-state index contributed by atoms with van der Waals surface area (Å²) in [6, 6.07) is 14.8. The largest absolute Gasteiger partial charge is 0.339 e. The molecule has 0 bridgehead atoms. The van der Waals surface area contributed by atoms with Crippen molar-refractivity contribution in [3.63, 3.8) is 0 Å². The van der Waals surface area contributed by atoms with E-state index >= 15 is 0 Å². The highest BCUT2D eigenvalue weighted by Crippen LogP contribution is 2.20. The van der Waals surface area contributed by atoms with Gasteiger partial charge in [0, 0.05) is 23.7 Å². The fourth-order valence-electron chi connectivity index (χ4n) is 2.14. The summed E-state index contributed by atoms with van der Waals surface area (Å²) < 4.78 is 4.97. The van der Waals surface area contributed by atoms with Crippen molar-refractivity contribution in [3.8, 4) is 11.4 Å². The zero-order valence-corrected chi connectivity index (χ0v) is 12.3. The van der Waals surface area contributed by atoms with Gasteiger partial charge in [0.1, 0.15) is 0 Å². The van der Waals surface area contributed by atoms with E-state index in [0.29, 0.717) is 23.0 Å². The maximum atomic E-state index is 12.3. The highest BCUT2D eigenvalue weighted by atomic mass is 16.5. The average Bonchev–Trinajstić information content (AvgIpc) is 2.94. The monoisotopic (exact) mass is 293 g/mol. The Morgan fingerprint density at radius 3 is 2.64 bits per heavy atom. The van der Waals surface area contributed by atoms with Gasteiger partial charge in [-0.1, -0.05) is 35.0 Å². The fourth-order valence-corrected chi connectivity index (χ4v) is 2.14. The number of hydrogen-bond acceptors (Lipinski definition) is 4. The molecule has 0 atom stereocenters. The van der Waals surface area contributed by atoms with Crippen molar-refractivity contribution in [1.29, 1.82) is 0 Å². The van der Waals surface area contributed by atoms with Crippen molar-refractivity contribution in [2.24, 2.45) is 0 Å². The predicted molar refractivity (Wildman–Crippen MR) is 83.6 cm³/mol. The van der Waals surface area contributed by atoms with Crippen molar-refractivity contribution in [2.45, 2.75) is 13.8 Å². The van der Waals surface area contributed by atoms with Crippen molar-refractivity contribution in [3.05, 3.63) is 65.5 Å². The number of aromatic nitrogens is 2. The smallest absolute Gasteiger partial charge is 0.255 e. The van der Waals surface area contributed by atoms with Gasteiger partial charge in [0.05, 0.1) is 0 Å². The molecule has 1 heterocycles. The van der Waals surface area contributed by atoms with Gasteiger partial charge in [-0.15, -0.1) is 0 Å². The lowest BCUT2D eigenvalue weighted by Gasteiger charge is -2.06.